The van der Waals surface area contributed by atoms with Gasteiger partial charge in [0.1, 0.15) is 5.60 Å². The van der Waals surface area contributed by atoms with E-state index in [1.54, 1.807) is 11.3 Å². The lowest BCUT2D eigenvalue weighted by Crippen LogP contribution is -2.49. The minimum Gasteiger partial charge on any atom is -0.369 e. The number of aryl methyl sites for hydroxylation is 1. The highest BCUT2D eigenvalue weighted by Crippen LogP contribution is 2.50. The Hall–Kier alpha value is -1.47. The number of hydrogen-bond donors (Lipinski definition) is 1. The number of hydrogen-bond acceptors (Lipinski definition) is 5. The van der Waals surface area contributed by atoms with Crippen molar-refractivity contribution in [3.05, 3.63) is 44.9 Å². The zero-order chi connectivity index (χ0) is 17.9. The molecule has 0 aliphatic carbocycles. The number of piperidine rings is 1. The van der Waals surface area contributed by atoms with E-state index in [9.17, 15) is 0 Å². The fourth-order valence-corrected chi connectivity index (χ4v) is 5.99. The summed E-state index contributed by atoms with van der Waals surface area (Å²) in [4.78, 5) is 5.95. The van der Waals surface area contributed by atoms with Gasteiger partial charge in [0.2, 0.25) is 0 Å². The molecule has 5 rings (SSSR count). The van der Waals surface area contributed by atoms with Crippen LogP contribution < -0.4 is 5.32 Å². The average Bonchev–Trinajstić information content (AvgIpc) is 3.18. The number of pyridine rings is 1. The van der Waals surface area contributed by atoms with Crippen molar-refractivity contribution in [2.45, 2.75) is 43.9 Å². The van der Waals surface area contributed by atoms with Crippen molar-refractivity contribution in [2.24, 2.45) is 7.05 Å². The number of ether oxygens (including phenoxy) is 1. The van der Waals surface area contributed by atoms with Crippen LogP contribution in [0.4, 0.5) is 0 Å². The summed E-state index contributed by atoms with van der Waals surface area (Å²) in [6.45, 7) is 3.00. The van der Waals surface area contributed by atoms with E-state index in [0.717, 1.165) is 41.2 Å². The molecule has 3 aromatic heterocycles. The number of aromatic nitrogens is 3. The molecule has 3 aromatic rings. The summed E-state index contributed by atoms with van der Waals surface area (Å²) in [6, 6.07) is 4.87. The Morgan fingerprint density at radius 2 is 2.23 bits per heavy atom. The normalized spacial score (nSPS) is 28.6. The molecule has 1 spiro atoms. The third kappa shape index (κ3) is 2.59. The maximum absolute atomic E-state index is 6.43. The zero-order valence-corrected chi connectivity index (χ0v) is 16.4. The van der Waals surface area contributed by atoms with Crippen LogP contribution in [0.15, 0.2) is 24.5 Å². The summed E-state index contributed by atoms with van der Waals surface area (Å²) in [6.07, 6.45) is 6.67. The maximum atomic E-state index is 6.43. The molecule has 5 heterocycles. The molecular weight excluding hydrogens is 368 g/mol. The van der Waals surface area contributed by atoms with E-state index in [-0.39, 0.29) is 11.6 Å². The van der Waals surface area contributed by atoms with Gasteiger partial charge in [-0.3, -0.25) is 4.68 Å². The third-order valence-corrected chi connectivity index (χ3v) is 7.08. The fourth-order valence-electron chi connectivity index (χ4n) is 4.53. The van der Waals surface area contributed by atoms with Crippen LogP contribution in [0.3, 0.4) is 0 Å². The second-order valence-corrected chi connectivity index (χ2v) is 9.16. The molecule has 2 aliphatic rings. The first-order valence-corrected chi connectivity index (χ1v) is 10.2. The van der Waals surface area contributed by atoms with E-state index < -0.39 is 0 Å². The van der Waals surface area contributed by atoms with Crippen LogP contribution in [0.2, 0.25) is 4.34 Å². The van der Waals surface area contributed by atoms with Crippen molar-refractivity contribution in [1.29, 1.82) is 0 Å². The molecule has 26 heavy (non-hydrogen) atoms. The highest BCUT2D eigenvalue weighted by atomic mass is 35.5. The van der Waals surface area contributed by atoms with Gasteiger partial charge in [0.05, 0.1) is 17.1 Å². The Morgan fingerprint density at radius 3 is 3.12 bits per heavy atom. The lowest BCUT2D eigenvalue weighted by molar-refractivity contribution is -0.0954. The molecule has 3 atom stereocenters. The molecular formula is C19H21ClN4OS. The first kappa shape index (κ1) is 16.7. The predicted octanol–water partition coefficient (Wildman–Crippen LogP) is 3.96. The number of fused-ring (bicyclic) bond motifs is 3. The van der Waals surface area contributed by atoms with E-state index in [4.69, 9.17) is 16.3 Å². The van der Waals surface area contributed by atoms with Gasteiger partial charge in [-0.25, -0.2) is 4.98 Å². The highest BCUT2D eigenvalue weighted by molar-refractivity contribution is 7.16. The van der Waals surface area contributed by atoms with Crippen molar-refractivity contribution >= 4 is 34.0 Å². The van der Waals surface area contributed by atoms with Crippen molar-refractivity contribution in [3.8, 4) is 0 Å². The van der Waals surface area contributed by atoms with Gasteiger partial charge in [0, 0.05) is 42.0 Å². The van der Waals surface area contributed by atoms with Gasteiger partial charge in [-0.2, -0.15) is 5.10 Å². The number of thiophene rings is 1. The molecule has 1 N–H and O–H groups in total. The van der Waals surface area contributed by atoms with Gasteiger partial charge in [0.25, 0.3) is 0 Å². The lowest BCUT2D eigenvalue weighted by atomic mass is 9.78. The fraction of sp³-hybridized carbons (Fsp3) is 0.474. The first-order valence-electron chi connectivity index (χ1n) is 9.00. The van der Waals surface area contributed by atoms with Crippen molar-refractivity contribution in [1.82, 2.24) is 20.1 Å². The summed E-state index contributed by atoms with van der Waals surface area (Å²) < 4.78 is 9.10. The second-order valence-electron chi connectivity index (χ2n) is 7.48. The van der Waals surface area contributed by atoms with E-state index in [1.165, 1.54) is 16.0 Å². The molecule has 0 unspecified atom stereocenters. The summed E-state index contributed by atoms with van der Waals surface area (Å²) in [5, 5.41) is 9.12. The molecule has 0 radical (unpaired) electrons. The van der Waals surface area contributed by atoms with Crippen LogP contribution in [0.5, 0.6) is 0 Å². The quantitative estimate of drug-likeness (QED) is 0.685. The zero-order valence-electron chi connectivity index (χ0n) is 14.8. The Balaban J connectivity index is 1.54. The van der Waals surface area contributed by atoms with Crippen LogP contribution in [-0.2, 0) is 23.8 Å². The Labute approximate surface area is 161 Å². The minimum absolute atomic E-state index is 0.197. The SMILES string of the molecule is C[C@H]1C[C@@]2(C[C@@H](c3cnc4c(cnn4C)c3)N1)OCCc1cc(Cl)sc12. The van der Waals surface area contributed by atoms with Gasteiger partial charge < -0.3 is 10.1 Å². The van der Waals surface area contributed by atoms with Crippen LogP contribution >= 0.6 is 22.9 Å². The molecule has 7 heteroatoms. The van der Waals surface area contributed by atoms with Crippen LogP contribution in [0.25, 0.3) is 11.0 Å². The standard InChI is InChI=1S/C19H21ClN4OS/c1-11-7-19(17-12(3-4-25-19)6-16(20)26-17)8-15(23-11)13-5-14-10-22-24(2)18(14)21-9-13/h5-6,9-11,15,23H,3-4,7-8H2,1-2H3/t11-,15-,19-/m0/s1. The molecule has 5 nitrogen and oxygen atoms in total. The second kappa shape index (κ2) is 6.02. The van der Waals surface area contributed by atoms with E-state index in [0.29, 0.717) is 6.04 Å². The van der Waals surface area contributed by atoms with E-state index in [1.807, 2.05) is 24.1 Å². The molecule has 1 fully saturated rings. The van der Waals surface area contributed by atoms with Gasteiger partial charge in [-0.15, -0.1) is 11.3 Å². The topological polar surface area (TPSA) is 52.0 Å². The summed E-state index contributed by atoms with van der Waals surface area (Å²) in [7, 11) is 1.92. The van der Waals surface area contributed by atoms with Gasteiger partial charge in [0.15, 0.2) is 5.65 Å². The van der Waals surface area contributed by atoms with Gasteiger partial charge in [-0.1, -0.05) is 11.6 Å². The molecule has 0 aromatic carbocycles. The highest BCUT2D eigenvalue weighted by Gasteiger charge is 2.46. The Morgan fingerprint density at radius 1 is 1.35 bits per heavy atom. The van der Waals surface area contributed by atoms with Gasteiger partial charge in [-0.05, 0) is 43.0 Å². The average molecular weight is 389 g/mol. The van der Waals surface area contributed by atoms with Crippen molar-refractivity contribution < 1.29 is 4.74 Å². The summed E-state index contributed by atoms with van der Waals surface area (Å²) in [5.41, 5.74) is 3.22. The molecule has 0 amide bonds. The van der Waals surface area contributed by atoms with Crippen LogP contribution in [0, 0.1) is 0 Å². The molecule has 0 saturated carbocycles. The smallest absolute Gasteiger partial charge is 0.157 e. The number of nitrogens with zero attached hydrogens (tertiary/aromatic N) is 3. The predicted molar refractivity (Wildman–Crippen MR) is 104 cm³/mol. The van der Waals surface area contributed by atoms with Crippen molar-refractivity contribution in [3.63, 3.8) is 0 Å². The summed E-state index contributed by atoms with van der Waals surface area (Å²) >= 11 is 8.02. The lowest BCUT2D eigenvalue weighted by Gasteiger charge is -2.46. The molecule has 0 bridgehead atoms. The first-order chi connectivity index (χ1) is 12.5. The van der Waals surface area contributed by atoms with Gasteiger partial charge >= 0.3 is 0 Å². The van der Waals surface area contributed by atoms with Crippen LogP contribution in [0.1, 0.15) is 41.8 Å². The molecule has 1 saturated heterocycles. The van der Waals surface area contributed by atoms with E-state index >= 15 is 0 Å². The molecule has 2 aliphatic heterocycles. The maximum Gasteiger partial charge on any atom is 0.157 e. The molecule has 136 valence electrons. The van der Waals surface area contributed by atoms with Crippen LogP contribution in [-0.4, -0.2) is 27.4 Å². The largest absolute Gasteiger partial charge is 0.369 e. The Bertz CT molecular complexity index is 983. The third-order valence-electron chi connectivity index (χ3n) is 5.59. The minimum atomic E-state index is -0.245. The number of rotatable bonds is 1. The number of halogens is 1. The van der Waals surface area contributed by atoms with Crippen molar-refractivity contribution in [2.75, 3.05) is 6.61 Å². The Kier molecular flexibility index (Phi) is 3.87. The monoisotopic (exact) mass is 388 g/mol. The summed E-state index contributed by atoms with van der Waals surface area (Å²) in [5.74, 6) is 0. The number of nitrogens with one attached hydrogen (secondary N) is 1. The van der Waals surface area contributed by atoms with E-state index in [2.05, 4.69) is 34.5 Å².